The number of carbonyl (C=O) groups excluding carboxylic acids is 1. The Hall–Kier alpha value is -2.41. The highest BCUT2D eigenvalue weighted by Gasteiger charge is 2.22. The van der Waals surface area contributed by atoms with Crippen molar-refractivity contribution in [3.63, 3.8) is 0 Å². The number of rotatable bonds is 4. The molecule has 7 heteroatoms. The second-order valence-corrected chi connectivity index (χ2v) is 3.97. The Labute approximate surface area is 108 Å². The molecule has 2 aromatic rings. The maximum Gasteiger partial charge on any atom is 0.358 e. The van der Waals surface area contributed by atoms with E-state index in [-0.39, 0.29) is 12.1 Å². The molecule has 7 nitrogen and oxygen atoms in total. The molecule has 0 bridgehead atoms. The van der Waals surface area contributed by atoms with Crippen molar-refractivity contribution in [3.8, 4) is 0 Å². The second kappa shape index (κ2) is 5.07. The van der Waals surface area contributed by atoms with Crippen molar-refractivity contribution in [1.29, 1.82) is 0 Å². The molecule has 1 unspecified atom stereocenters. The second-order valence-electron chi connectivity index (χ2n) is 3.97. The lowest BCUT2D eigenvalue weighted by molar-refractivity contribution is -0.137. The molecule has 0 aliphatic heterocycles. The Kier molecular flexibility index (Phi) is 3.48. The van der Waals surface area contributed by atoms with Crippen LogP contribution in [0, 0.1) is 0 Å². The average molecular weight is 263 g/mol. The number of aliphatic carboxylic acids is 1. The number of carboxylic acids is 1. The largest absolute Gasteiger partial charge is 0.481 e. The van der Waals surface area contributed by atoms with E-state index < -0.39 is 18.0 Å². The first kappa shape index (κ1) is 13.0. The highest BCUT2D eigenvalue weighted by molar-refractivity contribution is 5.95. The Morgan fingerprint density at radius 2 is 2.26 bits per heavy atom. The van der Waals surface area contributed by atoms with Crippen LogP contribution in [0.3, 0.4) is 0 Å². The van der Waals surface area contributed by atoms with Gasteiger partial charge in [-0.1, -0.05) is 6.07 Å². The van der Waals surface area contributed by atoms with Gasteiger partial charge in [0.2, 0.25) is 0 Å². The number of fused-ring (bicyclic) bond motifs is 1. The zero-order valence-corrected chi connectivity index (χ0v) is 10.2. The normalized spacial score (nSPS) is 12.3. The highest BCUT2D eigenvalue weighted by atomic mass is 16.5. The van der Waals surface area contributed by atoms with E-state index in [1.54, 1.807) is 28.8 Å². The number of imidazole rings is 1. The van der Waals surface area contributed by atoms with Crippen LogP contribution in [0.25, 0.3) is 5.52 Å². The maximum absolute atomic E-state index is 11.6. The predicted octanol–water partition coefficient (Wildman–Crippen LogP) is 0.595. The number of nitrogens with zero attached hydrogens (tertiary/aromatic N) is 2. The van der Waals surface area contributed by atoms with Gasteiger partial charge in [-0.15, -0.1) is 0 Å². The third-order valence-electron chi connectivity index (χ3n) is 2.68. The number of nitrogens with two attached hydrogens (primary N) is 1. The molecule has 0 aliphatic carbocycles. The Morgan fingerprint density at radius 3 is 2.89 bits per heavy atom. The number of ether oxygens (including phenoxy) is 1. The minimum atomic E-state index is -1.03. The van der Waals surface area contributed by atoms with Crippen LogP contribution in [-0.4, -0.2) is 33.5 Å². The zero-order valence-electron chi connectivity index (χ0n) is 10.2. The summed E-state index contributed by atoms with van der Waals surface area (Å²) < 4.78 is 6.24. The van der Waals surface area contributed by atoms with E-state index in [4.69, 9.17) is 10.8 Å². The summed E-state index contributed by atoms with van der Waals surface area (Å²) in [6.07, 6.45) is 1.40. The van der Waals surface area contributed by atoms with Gasteiger partial charge in [0, 0.05) is 6.20 Å². The van der Waals surface area contributed by atoms with E-state index in [0.29, 0.717) is 11.3 Å². The van der Waals surface area contributed by atoms with Crippen molar-refractivity contribution in [2.24, 2.45) is 5.73 Å². The number of aromatic nitrogens is 2. The van der Waals surface area contributed by atoms with Gasteiger partial charge >= 0.3 is 11.9 Å². The fourth-order valence-corrected chi connectivity index (χ4v) is 1.85. The van der Waals surface area contributed by atoms with Gasteiger partial charge in [-0.2, -0.15) is 0 Å². The summed E-state index contributed by atoms with van der Waals surface area (Å²) in [7, 11) is 1.26. The lowest BCUT2D eigenvalue weighted by Crippen LogP contribution is -2.18. The molecule has 2 aromatic heterocycles. The standard InChI is InChI=1S/C12H13N3O4/c1-19-12(18)10-8-4-2-3-5-15(8)11(14-10)7(13)6-9(16)17/h2-5,7H,6,13H2,1H3,(H,16,17). The zero-order chi connectivity index (χ0) is 14.0. The van der Waals surface area contributed by atoms with E-state index in [0.717, 1.165) is 0 Å². The van der Waals surface area contributed by atoms with Crippen molar-refractivity contribution < 1.29 is 19.4 Å². The molecule has 100 valence electrons. The smallest absolute Gasteiger partial charge is 0.358 e. The molecule has 0 radical (unpaired) electrons. The molecule has 0 aromatic carbocycles. The summed E-state index contributed by atoms with van der Waals surface area (Å²) in [5.74, 6) is -1.30. The van der Waals surface area contributed by atoms with E-state index in [9.17, 15) is 9.59 Å². The van der Waals surface area contributed by atoms with Gasteiger partial charge in [-0.3, -0.25) is 4.79 Å². The Balaban J connectivity index is 2.56. The molecular weight excluding hydrogens is 250 g/mol. The van der Waals surface area contributed by atoms with Gasteiger partial charge in [-0.05, 0) is 12.1 Å². The lowest BCUT2D eigenvalue weighted by Gasteiger charge is -2.07. The first-order chi connectivity index (χ1) is 9.04. The van der Waals surface area contributed by atoms with E-state index >= 15 is 0 Å². The van der Waals surface area contributed by atoms with Crippen molar-refractivity contribution in [1.82, 2.24) is 9.38 Å². The van der Waals surface area contributed by atoms with E-state index in [1.165, 1.54) is 7.11 Å². The number of methoxy groups -OCH3 is 1. The molecule has 0 saturated carbocycles. The van der Waals surface area contributed by atoms with Crippen LogP contribution in [0.4, 0.5) is 0 Å². The van der Waals surface area contributed by atoms with E-state index in [2.05, 4.69) is 9.72 Å². The fourth-order valence-electron chi connectivity index (χ4n) is 1.85. The third-order valence-corrected chi connectivity index (χ3v) is 2.68. The number of esters is 1. The number of carbonyl (C=O) groups is 2. The van der Waals surface area contributed by atoms with Crippen LogP contribution in [0.15, 0.2) is 24.4 Å². The summed E-state index contributed by atoms with van der Waals surface area (Å²) >= 11 is 0. The molecule has 0 amide bonds. The SMILES string of the molecule is COC(=O)c1nc(C(N)CC(=O)O)n2ccccc12. The molecule has 19 heavy (non-hydrogen) atoms. The minimum absolute atomic E-state index is 0.124. The van der Waals surface area contributed by atoms with Crippen LogP contribution < -0.4 is 5.73 Å². The summed E-state index contributed by atoms with van der Waals surface area (Å²) in [5, 5.41) is 8.77. The quantitative estimate of drug-likeness (QED) is 0.782. The highest BCUT2D eigenvalue weighted by Crippen LogP contribution is 2.19. The van der Waals surface area contributed by atoms with Crippen LogP contribution in [-0.2, 0) is 9.53 Å². The number of hydrogen-bond acceptors (Lipinski definition) is 5. The number of carboxylic acid groups (broad SMARTS) is 1. The molecule has 0 spiro atoms. The molecule has 1 atom stereocenters. The van der Waals surface area contributed by atoms with Crippen LogP contribution in [0.2, 0.25) is 0 Å². The van der Waals surface area contributed by atoms with Gasteiger partial charge in [0.1, 0.15) is 5.82 Å². The molecule has 2 rings (SSSR count). The minimum Gasteiger partial charge on any atom is -0.481 e. The van der Waals surface area contributed by atoms with Gasteiger partial charge in [-0.25, -0.2) is 9.78 Å². The molecular formula is C12H13N3O4. The molecule has 3 N–H and O–H groups in total. The van der Waals surface area contributed by atoms with E-state index in [1.807, 2.05) is 0 Å². The predicted molar refractivity (Wildman–Crippen MR) is 65.7 cm³/mol. The summed E-state index contributed by atoms with van der Waals surface area (Å²) in [6, 6.07) is 4.38. The first-order valence-corrected chi connectivity index (χ1v) is 5.57. The lowest BCUT2D eigenvalue weighted by atomic mass is 10.2. The molecule has 0 aliphatic rings. The fraction of sp³-hybridized carbons (Fsp3) is 0.250. The van der Waals surface area contributed by atoms with Crippen LogP contribution in [0.1, 0.15) is 28.8 Å². The van der Waals surface area contributed by atoms with Gasteiger partial charge in [0.05, 0.1) is 25.1 Å². The van der Waals surface area contributed by atoms with Gasteiger partial charge in [0.25, 0.3) is 0 Å². The van der Waals surface area contributed by atoms with Crippen molar-refractivity contribution in [2.45, 2.75) is 12.5 Å². The average Bonchev–Trinajstić information content (AvgIpc) is 2.76. The topological polar surface area (TPSA) is 107 Å². The summed E-state index contributed by atoms with van der Waals surface area (Å²) in [5.41, 5.74) is 6.46. The Morgan fingerprint density at radius 1 is 1.53 bits per heavy atom. The molecule has 2 heterocycles. The first-order valence-electron chi connectivity index (χ1n) is 5.57. The number of pyridine rings is 1. The van der Waals surface area contributed by atoms with Crippen molar-refractivity contribution >= 4 is 17.5 Å². The van der Waals surface area contributed by atoms with Crippen LogP contribution in [0.5, 0.6) is 0 Å². The Bertz CT molecular complexity index is 635. The molecule has 0 fully saturated rings. The summed E-state index contributed by atoms with van der Waals surface area (Å²) in [4.78, 5) is 26.5. The van der Waals surface area contributed by atoms with Gasteiger partial charge in [0.15, 0.2) is 5.69 Å². The van der Waals surface area contributed by atoms with Crippen molar-refractivity contribution in [3.05, 3.63) is 35.9 Å². The van der Waals surface area contributed by atoms with Crippen LogP contribution >= 0.6 is 0 Å². The summed E-state index contributed by atoms with van der Waals surface area (Å²) in [6.45, 7) is 0. The third kappa shape index (κ3) is 2.41. The maximum atomic E-state index is 11.6. The number of hydrogen-bond donors (Lipinski definition) is 2. The monoisotopic (exact) mass is 263 g/mol. The molecule has 0 saturated heterocycles. The van der Waals surface area contributed by atoms with Gasteiger partial charge < -0.3 is 20.0 Å². The van der Waals surface area contributed by atoms with Crippen molar-refractivity contribution in [2.75, 3.05) is 7.11 Å².